The average Bonchev–Trinajstić information content (AvgIpc) is 2.87. The van der Waals surface area contributed by atoms with E-state index in [1.165, 1.54) is 6.42 Å². The molecule has 2 nitrogen and oxygen atoms in total. The Morgan fingerprint density at radius 1 is 1.42 bits per heavy atom. The molecule has 2 rings (SSSR count). The van der Waals surface area contributed by atoms with Gasteiger partial charge in [0, 0.05) is 18.4 Å². The first-order valence-electron chi connectivity index (χ1n) is 6.79. The molecule has 1 aromatic rings. The zero-order chi connectivity index (χ0) is 14.0. The lowest BCUT2D eigenvalue weighted by Gasteiger charge is -2.27. The fourth-order valence-corrected chi connectivity index (χ4v) is 3.07. The second-order valence-electron chi connectivity index (χ2n) is 6.39. The molecule has 0 spiro atoms. The van der Waals surface area contributed by atoms with E-state index in [-0.39, 0.29) is 0 Å². The quantitative estimate of drug-likeness (QED) is 0.758. The highest BCUT2D eigenvalue weighted by molar-refractivity contribution is 9.08. The largest absolute Gasteiger partial charge is 0.370 e. The molecular weight excluding hydrogens is 300 g/mol. The maximum atomic E-state index is 9.33. The molecular formula is C16H21BrN2. The minimum Gasteiger partial charge on any atom is -0.370 e. The summed E-state index contributed by atoms with van der Waals surface area (Å²) in [6.45, 7) is 9.04. The lowest BCUT2D eigenvalue weighted by atomic mass is 9.80. The van der Waals surface area contributed by atoms with Crippen molar-refractivity contribution < 1.29 is 0 Å². The second-order valence-corrected chi connectivity index (χ2v) is 6.96. The Bertz CT molecular complexity index is 496. The average molecular weight is 321 g/mol. The SMILES string of the molecule is CC(C)(C)C1CCN(c2ccc(CBr)cc2C#N)C1. The Hall–Kier alpha value is -1.01. The first-order chi connectivity index (χ1) is 8.95. The van der Waals surface area contributed by atoms with Gasteiger partial charge in [0.15, 0.2) is 0 Å². The van der Waals surface area contributed by atoms with Crippen LogP contribution >= 0.6 is 15.9 Å². The van der Waals surface area contributed by atoms with Crippen molar-refractivity contribution in [2.24, 2.45) is 11.3 Å². The summed E-state index contributed by atoms with van der Waals surface area (Å²) in [6, 6.07) is 8.54. The molecule has 1 aliphatic rings. The number of alkyl halides is 1. The predicted octanol–water partition coefficient (Wildman–Crippen LogP) is 4.33. The number of nitrogens with zero attached hydrogens (tertiary/aromatic N) is 2. The third-order valence-corrected chi connectivity index (χ3v) is 4.74. The van der Waals surface area contributed by atoms with E-state index < -0.39 is 0 Å². The Labute approximate surface area is 124 Å². The van der Waals surface area contributed by atoms with E-state index in [1.807, 2.05) is 6.07 Å². The number of halogens is 1. The van der Waals surface area contributed by atoms with Crippen molar-refractivity contribution in [3.8, 4) is 6.07 Å². The summed E-state index contributed by atoms with van der Waals surface area (Å²) in [6.07, 6.45) is 1.22. The van der Waals surface area contributed by atoms with Gasteiger partial charge in [-0.3, -0.25) is 0 Å². The normalized spacial score (nSPS) is 19.5. The summed E-state index contributed by atoms with van der Waals surface area (Å²) < 4.78 is 0. The highest BCUT2D eigenvalue weighted by Gasteiger charge is 2.32. The van der Waals surface area contributed by atoms with E-state index in [0.29, 0.717) is 11.3 Å². The number of benzene rings is 1. The van der Waals surface area contributed by atoms with Gasteiger partial charge in [-0.25, -0.2) is 0 Å². The van der Waals surface area contributed by atoms with Crippen LogP contribution in [0.4, 0.5) is 5.69 Å². The summed E-state index contributed by atoms with van der Waals surface area (Å²) in [5.74, 6) is 0.704. The second kappa shape index (κ2) is 5.54. The smallest absolute Gasteiger partial charge is 0.101 e. The third-order valence-electron chi connectivity index (χ3n) is 4.09. The first-order valence-corrected chi connectivity index (χ1v) is 7.92. The molecule has 0 radical (unpaired) electrons. The first kappa shape index (κ1) is 14.4. The molecule has 0 amide bonds. The van der Waals surface area contributed by atoms with Crippen molar-refractivity contribution in [2.45, 2.75) is 32.5 Å². The Balaban J connectivity index is 2.23. The molecule has 102 valence electrons. The number of hydrogen-bond donors (Lipinski definition) is 0. The van der Waals surface area contributed by atoms with Gasteiger partial charge in [-0.15, -0.1) is 0 Å². The molecule has 1 unspecified atom stereocenters. The monoisotopic (exact) mass is 320 g/mol. The molecule has 1 heterocycles. The summed E-state index contributed by atoms with van der Waals surface area (Å²) in [7, 11) is 0. The van der Waals surface area contributed by atoms with Crippen LogP contribution in [-0.2, 0) is 5.33 Å². The number of rotatable bonds is 2. The van der Waals surface area contributed by atoms with Gasteiger partial charge in [-0.05, 0) is 35.4 Å². The van der Waals surface area contributed by atoms with E-state index >= 15 is 0 Å². The summed E-state index contributed by atoms with van der Waals surface area (Å²) in [4.78, 5) is 2.37. The molecule has 1 saturated heterocycles. The van der Waals surface area contributed by atoms with Crippen LogP contribution < -0.4 is 4.90 Å². The van der Waals surface area contributed by atoms with Crippen molar-refractivity contribution in [3.05, 3.63) is 29.3 Å². The molecule has 0 saturated carbocycles. The lowest BCUT2D eigenvalue weighted by Crippen LogP contribution is -2.26. The van der Waals surface area contributed by atoms with Crippen LogP contribution in [0.1, 0.15) is 38.3 Å². The van der Waals surface area contributed by atoms with Gasteiger partial charge in [0.25, 0.3) is 0 Å². The molecule has 1 fully saturated rings. The fraction of sp³-hybridized carbons (Fsp3) is 0.562. The Kier molecular flexibility index (Phi) is 4.20. The van der Waals surface area contributed by atoms with Gasteiger partial charge in [0.2, 0.25) is 0 Å². The van der Waals surface area contributed by atoms with E-state index in [9.17, 15) is 5.26 Å². The minimum absolute atomic E-state index is 0.345. The molecule has 1 aliphatic heterocycles. The highest BCUT2D eigenvalue weighted by Crippen LogP contribution is 2.36. The van der Waals surface area contributed by atoms with Crippen LogP contribution in [0.15, 0.2) is 18.2 Å². The van der Waals surface area contributed by atoms with Gasteiger partial charge in [-0.1, -0.05) is 42.8 Å². The van der Waals surface area contributed by atoms with Crippen molar-refractivity contribution in [1.82, 2.24) is 0 Å². The van der Waals surface area contributed by atoms with Gasteiger partial charge < -0.3 is 4.90 Å². The Morgan fingerprint density at radius 2 is 2.16 bits per heavy atom. The van der Waals surface area contributed by atoms with Gasteiger partial charge in [0.05, 0.1) is 11.3 Å². The van der Waals surface area contributed by atoms with Gasteiger partial charge in [-0.2, -0.15) is 5.26 Å². The maximum Gasteiger partial charge on any atom is 0.101 e. The highest BCUT2D eigenvalue weighted by atomic mass is 79.9. The number of anilines is 1. The van der Waals surface area contributed by atoms with Crippen molar-refractivity contribution in [3.63, 3.8) is 0 Å². The van der Waals surface area contributed by atoms with Crippen LogP contribution in [0.3, 0.4) is 0 Å². The summed E-state index contributed by atoms with van der Waals surface area (Å²) >= 11 is 3.44. The van der Waals surface area contributed by atoms with Crippen LogP contribution in [-0.4, -0.2) is 13.1 Å². The maximum absolute atomic E-state index is 9.33. The van der Waals surface area contributed by atoms with Crippen LogP contribution in [0, 0.1) is 22.7 Å². The summed E-state index contributed by atoms with van der Waals surface area (Å²) in [5, 5.41) is 10.1. The molecule has 0 aliphatic carbocycles. The summed E-state index contributed by atoms with van der Waals surface area (Å²) in [5.41, 5.74) is 3.40. The van der Waals surface area contributed by atoms with Gasteiger partial charge >= 0.3 is 0 Å². The van der Waals surface area contributed by atoms with Gasteiger partial charge in [0.1, 0.15) is 6.07 Å². The van der Waals surface area contributed by atoms with Crippen LogP contribution in [0.25, 0.3) is 0 Å². The van der Waals surface area contributed by atoms with E-state index in [1.54, 1.807) is 0 Å². The number of hydrogen-bond acceptors (Lipinski definition) is 2. The molecule has 1 aromatic carbocycles. The van der Waals surface area contributed by atoms with E-state index in [2.05, 4.69) is 59.8 Å². The molecule has 0 bridgehead atoms. The molecule has 1 atom stereocenters. The van der Waals surface area contributed by atoms with E-state index in [0.717, 1.165) is 35.2 Å². The molecule has 3 heteroatoms. The third kappa shape index (κ3) is 3.12. The molecule has 0 N–H and O–H groups in total. The lowest BCUT2D eigenvalue weighted by molar-refractivity contribution is 0.263. The molecule has 0 aromatic heterocycles. The van der Waals surface area contributed by atoms with Crippen LogP contribution in [0.5, 0.6) is 0 Å². The van der Waals surface area contributed by atoms with Crippen molar-refractivity contribution in [2.75, 3.05) is 18.0 Å². The van der Waals surface area contributed by atoms with Crippen molar-refractivity contribution >= 4 is 21.6 Å². The van der Waals surface area contributed by atoms with Crippen LogP contribution in [0.2, 0.25) is 0 Å². The molecule has 19 heavy (non-hydrogen) atoms. The van der Waals surface area contributed by atoms with Crippen molar-refractivity contribution in [1.29, 1.82) is 5.26 Å². The predicted molar refractivity (Wildman–Crippen MR) is 83.6 cm³/mol. The van der Waals surface area contributed by atoms with E-state index in [4.69, 9.17) is 0 Å². The minimum atomic E-state index is 0.345. The fourth-order valence-electron chi connectivity index (χ4n) is 2.72. The topological polar surface area (TPSA) is 27.0 Å². The zero-order valence-electron chi connectivity index (χ0n) is 11.9. The Morgan fingerprint density at radius 3 is 2.68 bits per heavy atom. The standard InChI is InChI=1S/C16H21BrN2/c1-16(2,3)14-6-7-19(11-14)15-5-4-12(9-17)8-13(15)10-18/h4-5,8,14H,6-7,9,11H2,1-3H3. The number of nitriles is 1. The zero-order valence-corrected chi connectivity index (χ0v) is 13.5.